The second-order valence-electron chi connectivity index (χ2n) is 5.35. The van der Waals surface area contributed by atoms with Crippen molar-refractivity contribution >= 4 is 21.7 Å². The van der Waals surface area contributed by atoms with E-state index in [2.05, 4.69) is 10.6 Å². The number of nitrogens with zero attached hydrogens (tertiary/aromatic N) is 1. The summed E-state index contributed by atoms with van der Waals surface area (Å²) in [7, 11) is 0.883. The minimum atomic E-state index is -3.02. The zero-order chi connectivity index (χ0) is 15.2. The lowest BCUT2D eigenvalue weighted by atomic mass is 10.2. The number of carbonyl (C=O) groups excluding carboxylic acids is 2. The Kier molecular flexibility index (Phi) is 6.41. The maximum absolute atomic E-state index is 11.6. The van der Waals surface area contributed by atoms with Crippen molar-refractivity contribution in [3.63, 3.8) is 0 Å². The van der Waals surface area contributed by atoms with E-state index in [1.165, 1.54) is 0 Å². The fourth-order valence-electron chi connectivity index (χ4n) is 2.02. The molecule has 116 valence electrons. The highest BCUT2D eigenvalue weighted by molar-refractivity contribution is 7.91. The molecule has 1 unspecified atom stereocenters. The lowest BCUT2D eigenvalue weighted by Gasteiger charge is -2.12. The average Bonchev–Trinajstić information content (AvgIpc) is 2.63. The molecule has 2 N–H and O–H groups in total. The average molecular weight is 305 g/mol. The molecule has 0 aromatic heterocycles. The molecule has 0 aromatic rings. The van der Waals surface area contributed by atoms with Crippen LogP contribution in [0.25, 0.3) is 0 Å². The first kappa shape index (κ1) is 16.9. The summed E-state index contributed by atoms with van der Waals surface area (Å²) >= 11 is 0. The molecule has 1 fully saturated rings. The zero-order valence-corrected chi connectivity index (χ0v) is 12.8. The number of carbonyl (C=O) groups is 2. The van der Waals surface area contributed by atoms with Gasteiger partial charge >= 0.3 is 0 Å². The monoisotopic (exact) mass is 305 g/mol. The first-order valence-electron chi connectivity index (χ1n) is 6.70. The molecule has 0 spiro atoms. The highest BCUT2D eigenvalue weighted by Gasteiger charge is 2.29. The largest absolute Gasteiger partial charge is 0.356 e. The Bertz CT molecular complexity index is 448. The van der Waals surface area contributed by atoms with Gasteiger partial charge in [-0.2, -0.15) is 0 Å². The van der Waals surface area contributed by atoms with Crippen molar-refractivity contribution in [2.75, 3.05) is 38.7 Å². The first-order chi connectivity index (χ1) is 9.28. The molecule has 1 rings (SSSR count). The number of sulfone groups is 1. The number of hydrogen-bond acceptors (Lipinski definition) is 5. The molecule has 0 bridgehead atoms. The van der Waals surface area contributed by atoms with Crippen molar-refractivity contribution in [2.24, 2.45) is 0 Å². The van der Waals surface area contributed by atoms with Gasteiger partial charge in [0.15, 0.2) is 9.84 Å². The van der Waals surface area contributed by atoms with Crippen LogP contribution in [0.5, 0.6) is 0 Å². The molecule has 0 radical (unpaired) electrons. The van der Waals surface area contributed by atoms with Gasteiger partial charge in [0.25, 0.3) is 0 Å². The van der Waals surface area contributed by atoms with Crippen molar-refractivity contribution < 1.29 is 18.0 Å². The summed E-state index contributed by atoms with van der Waals surface area (Å²) in [5, 5.41) is 5.25. The predicted octanol–water partition coefficient (Wildman–Crippen LogP) is -1.25. The Hall–Kier alpha value is -1.15. The van der Waals surface area contributed by atoms with Crippen molar-refractivity contribution in [1.82, 2.24) is 15.5 Å². The molecule has 0 aromatic carbocycles. The smallest absolute Gasteiger partial charge is 0.229 e. The van der Waals surface area contributed by atoms with Crippen molar-refractivity contribution in [2.45, 2.75) is 25.3 Å². The summed E-state index contributed by atoms with van der Waals surface area (Å²) in [6.07, 6.45) is 0.998. The highest BCUT2D eigenvalue weighted by Crippen LogP contribution is 2.11. The van der Waals surface area contributed by atoms with E-state index in [-0.39, 0.29) is 29.9 Å². The van der Waals surface area contributed by atoms with Crippen LogP contribution >= 0.6 is 0 Å². The second kappa shape index (κ2) is 7.58. The fourth-order valence-corrected chi connectivity index (χ4v) is 3.69. The standard InChI is InChI=1S/C12H23N3O4S/c1-15(2)6-3-5-13-11(16)8-12(17)14-10-4-7-20(18,19)9-10/h10H,3-9H2,1-2H3,(H,13,16)(H,14,17). The van der Waals surface area contributed by atoms with Gasteiger partial charge in [-0.3, -0.25) is 9.59 Å². The first-order valence-corrected chi connectivity index (χ1v) is 8.52. The minimum absolute atomic E-state index is 0.0246. The lowest BCUT2D eigenvalue weighted by Crippen LogP contribution is -2.39. The third kappa shape index (κ3) is 6.85. The van der Waals surface area contributed by atoms with Gasteiger partial charge in [-0.1, -0.05) is 0 Å². The Morgan fingerprint density at radius 3 is 2.50 bits per heavy atom. The van der Waals surface area contributed by atoms with Gasteiger partial charge in [0.2, 0.25) is 11.8 Å². The van der Waals surface area contributed by atoms with Gasteiger partial charge in [0, 0.05) is 12.6 Å². The lowest BCUT2D eigenvalue weighted by molar-refractivity contribution is -0.129. The Balaban J connectivity index is 2.17. The predicted molar refractivity (Wildman–Crippen MR) is 76.0 cm³/mol. The topological polar surface area (TPSA) is 95.6 Å². The van der Waals surface area contributed by atoms with Crippen LogP contribution in [0.4, 0.5) is 0 Å². The van der Waals surface area contributed by atoms with Crippen LogP contribution in [0.3, 0.4) is 0 Å². The Labute approximate surface area is 120 Å². The van der Waals surface area contributed by atoms with Gasteiger partial charge in [-0.05, 0) is 33.5 Å². The third-order valence-corrected chi connectivity index (χ3v) is 4.79. The summed E-state index contributed by atoms with van der Waals surface area (Å²) in [5.74, 6) is -0.669. The molecule has 0 saturated carbocycles. The van der Waals surface area contributed by atoms with Gasteiger partial charge in [-0.25, -0.2) is 8.42 Å². The van der Waals surface area contributed by atoms with E-state index in [4.69, 9.17) is 0 Å². The highest BCUT2D eigenvalue weighted by atomic mass is 32.2. The molecule has 1 heterocycles. The van der Waals surface area contributed by atoms with E-state index < -0.39 is 15.7 Å². The van der Waals surface area contributed by atoms with Gasteiger partial charge < -0.3 is 15.5 Å². The summed E-state index contributed by atoms with van der Waals surface area (Å²) in [6.45, 7) is 1.40. The summed E-state index contributed by atoms with van der Waals surface area (Å²) in [6, 6.07) is -0.353. The van der Waals surface area contributed by atoms with Crippen LogP contribution < -0.4 is 10.6 Å². The Morgan fingerprint density at radius 2 is 1.95 bits per heavy atom. The van der Waals surface area contributed by atoms with Crippen molar-refractivity contribution in [3.8, 4) is 0 Å². The van der Waals surface area contributed by atoms with Crippen molar-refractivity contribution in [1.29, 1.82) is 0 Å². The van der Waals surface area contributed by atoms with E-state index in [0.29, 0.717) is 13.0 Å². The minimum Gasteiger partial charge on any atom is -0.356 e. The van der Waals surface area contributed by atoms with Gasteiger partial charge in [0.05, 0.1) is 11.5 Å². The molecule has 7 nitrogen and oxygen atoms in total. The maximum Gasteiger partial charge on any atom is 0.229 e. The summed E-state index contributed by atoms with van der Waals surface area (Å²) in [4.78, 5) is 25.1. The SMILES string of the molecule is CN(C)CCCNC(=O)CC(=O)NC1CCS(=O)(=O)C1. The van der Waals surface area contributed by atoms with E-state index in [0.717, 1.165) is 13.0 Å². The molecular formula is C12H23N3O4S. The van der Waals surface area contributed by atoms with E-state index >= 15 is 0 Å². The van der Waals surface area contributed by atoms with Crippen molar-refractivity contribution in [3.05, 3.63) is 0 Å². The molecule has 1 aliphatic rings. The summed E-state index contributed by atoms with van der Waals surface area (Å²) < 4.78 is 22.5. The molecule has 8 heteroatoms. The normalized spacial score (nSPS) is 20.9. The Morgan fingerprint density at radius 1 is 1.25 bits per heavy atom. The molecular weight excluding hydrogens is 282 g/mol. The quantitative estimate of drug-likeness (QED) is 0.452. The number of nitrogens with one attached hydrogen (secondary N) is 2. The van der Waals surface area contributed by atoms with E-state index in [1.807, 2.05) is 19.0 Å². The van der Waals surface area contributed by atoms with Crippen LogP contribution in [-0.2, 0) is 19.4 Å². The van der Waals surface area contributed by atoms with E-state index in [9.17, 15) is 18.0 Å². The zero-order valence-electron chi connectivity index (χ0n) is 12.0. The fraction of sp³-hybridized carbons (Fsp3) is 0.833. The van der Waals surface area contributed by atoms with Gasteiger partial charge in [-0.15, -0.1) is 0 Å². The molecule has 1 saturated heterocycles. The van der Waals surface area contributed by atoms with Crippen LogP contribution in [0, 0.1) is 0 Å². The molecule has 2 amide bonds. The maximum atomic E-state index is 11.6. The van der Waals surface area contributed by atoms with E-state index in [1.54, 1.807) is 0 Å². The van der Waals surface area contributed by atoms with Crippen LogP contribution in [0.15, 0.2) is 0 Å². The van der Waals surface area contributed by atoms with Crippen LogP contribution in [0.1, 0.15) is 19.3 Å². The molecule has 1 atom stereocenters. The van der Waals surface area contributed by atoms with Crippen LogP contribution in [0.2, 0.25) is 0 Å². The summed E-state index contributed by atoms with van der Waals surface area (Å²) in [5.41, 5.74) is 0. The third-order valence-electron chi connectivity index (χ3n) is 3.02. The number of amides is 2. The molecule has 20 heavy (non-hydrogen) atoms. The number of hydrogen-bond donors (Lipinski definition) is 2. The van der Waals surface area contributed by atoms with Crippen LogP contribution in [-0.4, -0.2) is 69.9 Å². The molecule has 0 aliphatic carbocycles. The second-order valence-corrected chi connectivity index (χ2v) is 7.58. The number of rotatable bonds is 7. The molecule has 1 aliphatic heterocycles. The van der Waals surface area contributed by atoms with Gasteiger partial charge in [0.1, 0.15) is 6.42 Å².